The number of carbonyl (C=O) groups is 4. The van der Waals surface area contributed by atoms with E-state index in [0.29, 0.717) is 60.5 Å². The smallest absolute Gasteiger partial charge is 0.339 e. The van der Waals surface area contributed by atoms with Crippen molar-refractivity contribution in [2.24, 2.45) is 23.7 Å². The van der Waals surface area contributed by atoms with Crippen molar-refractivity contribution in [2.75, 3.05) is 26.4 Å². The fraction of sp³-hybridized carbons (Fsp3) is 0.733. The Morgan fingerprint density at radius 1 is 0.338 bits per heavy atom. The van der Waals surface area contributed by atoms with Crippen LogP contribution in [-0.2, 0) is 18.9 Å². The fourth-order valence-electron chi connectivity index (χ4n) is 8.72. The summed E-state index contributed by atoms with van der Waals surface area (Å²) in [6, 6.07) is 10.7. The maximum Gasteiger partial charge on any atom is 0.339 e. The van der Waals surface area contributed by atoms with Crippen molar-refractivity contribution < 1.29 is 38.1 Å². The van der Waals surface area contributed by atoms with Gasteiger partial charge in [0.25, 0.3) is 0 Å². The Balaban J connectivity index is 2.49. The van der Waals surface area contributed by atoms with Gasteiger partial charge in [0, 0.05) is 0 Å². The first-order valence-corrected chi connectivity index (χ1v) is 27.8. The second-order valence-corrected chi connectivity index (χ2v) is 21.2. The summed E-state index contributed by atoms with van der Waals surface area (Å²) in [6.45, 7) is 18.5. The van der Waals surface area contributed by atoms with Crippen molar-refractivity contribution in [1.82, 2.24) is 0 Å². The average molecular weight is 947 g/mol. The molecule has 0 aliphatic carbocycles. The van der Waals surface area contributed by atoms with Gasteiger partial charge in [-0.1, -0.05) is 240 Å². The van der Waals surface area contributed by atoms with Crippen LogP contribution in [-0.4, -0.2) is 50.3 Å². The Hall–Kier alpha value is -3.68. The van der Waals surface area contributed by atoms with Gasteiger partial charge in [-0.2, -0.15) is 0 Å². The Kier molecular flexibility index (Phi) is 33.9. The zero-order valence-corrected chi connectivity index (χ0v) is 44.7. The molecule has 0 heterocycles. The first kappa shape index (κ1) is 60.4. The van der Waals surface area contributed by atoms with Crippen LogP contribution in [0.15, 0.2) is 36.4 Å². The number of rotatable bonds is 41. The highest BCUT2D eigenvalue weighted by molar-refractivity contribution is 6.18. The number of carbonyl (C=O) groups excluding carboxylic acids is 4. The van der Waals surface area contributed by atoms with Crippen molar-refractivity contribution >= 4 is 23.9 Å². The average Bonchev–Trinajstić information content (AvgIpc) is 3.30. The molecule has 0 bridgehead atoms. The molecule has 0 saturated heterocycles. The molecule has 0 amide bonds. The van der Waals surface area contributed by atoms with Gasteiger partial charge >= 0.3 is 23.9 Å². The molecule has 0 aliphatic heterocycles. The minimum absolute atomic E-state index is 0.0950. The molecule has 68 heavy (non-hydrogen) atoms. The SMILES string of the molecule is CC(C)CCCCCCCCOC(=O)c1cc(-c2ccccc2)c(C(=O)OCCCCCCCCC(C)C)c(C(=O)OCCCCCCCCC(C)C)c1C(=O)OCCCCCCCCC(C)C. The molecule has 0 unspecified atom stereocenters. The van der Waals surface area contributed by atoms with Crippen LogP contribution in [0.3, 0.4) is 0 Å². The molecule has 0 saturated carbocycles. The molecule has 0 radical (unpaired) electrons. The van der Waals surface area contributed by atoms with E-state index < -0.39 is 23.9 Å². The molecule has 0 aliphatic rings. The summed E-state index contributed by atoms with van der Waals surface area (Å²) in [5.41, 5.74) is 0.0943. The molecule has 0 N–H and O–H groups in total. The number of esters is 4. The topological polar surface area (TPSA) is 105 Å². The maximum absolute atomic E-state index is 14.6. The fourth-order valence-corrected chi connectivity index (χ4v) is 8.72. The number of hydrogen-bond acceptors (Lipinski definition) is 8. The van der Waals surface area contributed by atoms with Gasteiger partial charge in [-0.3, -0.25) is 0 Å². The monoisotopic (exact) mass is 947 g/mol. The van der Waals surface area contributed by atoms with Crippen LogP contribution in [0.2, 0.25) is 0 Å². The van der Waals surface area contributed by atoms with E-state index in [1.807, 2.05) is 30.3 Å². The third kappa shape index (κ3) is 27.5. The second kappa shape index (κ2) is 38.1. The van der Waals surface area contributed by atoms with E-state index in [-0.39, 0.29) is 48.7 Å². The van der Waals surface area contributed by atoms with Crippen LogP contribution in [0.5, 0.6) is 0 Å². The molecule has 0 fully saturated rings. The van der Waals surface area contributed by atoms with Crippen molar-refractivity contribution in [3.05, 3.63) is 58.7 Å². The van der Waals surface area contributed by atoms with Crippen molar-refractivity contribution in [1.29, 1.82) is 0 Å². The lowest BCUT2D eigenvalue weighted by molar-refractivity contribution is 0.0415. The third-order valence-electron chi connectivity index (χ3n) is 12.9. The summed E-state index contributed by atoms with van der Waals surface area (Å²) < 4.78 is 23.7. The second-order valence-electron chi connectivity index (χ2n) is 21.2. The lowest BCUT2D eigenvalue weighted by atomic mass is 9.88. The Bertz CT molecular complexity index is 1640. The van der Waals surface area contributed by atoms with Crippen molar-refractivity contribution in [3.8, 4) is 11.1 Å². The molecule has 0 atom stereocenters. The molecule has 2 aromatic rings. The van der Waals surface area contributed by atoms with Crippen LogP contribution >= 0.6 is 0 Å². The van der Waals surface area contributed by atoms with Crippen LogP contribution < -0.4 is 0 Å². The first-order chi connectivity index (χ1) is 32.8. The van der Waals surface area contributed by atoms with E-state index in [2.05, 4.69) is 55.4 Å². The molecular weight excluding hydrogens is 849 g/mol. The minimum Gasteiger partial charge on any atom is -0.462 e. The van der Waals surface area contributed by atoms with Gasteiger partial charge in [-0.05, 0) is 66.5 Å². The molecule has 0 spiro atoms. The number of unbranched alkanes of at least 4 members (excludes halogenated alkanes) is 20. The van der Waals surface area contributed by atoms with E-state index >= 15 is 0 Å². The molecular formula is C60H98O8. The zero-order chi connectivity index (χ0) is 49.8. The van der Waals surface area contributed by atoms with Crippen molar-refractivity contribution in [2.45, 2.75) is 235 Å². The van der Waals surface area contributed by atoms with Crippen molar-refractivity contribution in [3.63, 3.8) is 0 Å². The Morgan fingerprint density at radius 2 is 0.618 bits per heavy atom. The zero-order valence-electron chi connectivity index (χ0n) is 44.7. The first-order valence-electron chi connectivity index (χ1n) is 27.8. The van der Waals surface area contributed by atoms with Crippen LogP contribution in [0.4, 0.5) is 0 Å². The predicted octanol–water partition coefficient (Wildman–Crippen LogP) is 17.5. The summed E-state index contributed by atoms with van der Waals surface area (Å²) in [4.78, 5) is 58.0. The lowest BCUT2D eigenvalue weighted by Gasteiger charge is -2.20. The summed E-state index contributed by atoms with van der Waals surface area (Å²) in [6.07, 6.45) is 29.4. The standard InChI is InChI=1S/C60H98O8/c1-47(2)36-26-17-9-13-21-32-42-65-57(61)53-46-52(51-40-30-25-31-41-51)54(58(62)66-43-33-22-14-10-18-27-37-48(3)4)56(60(64)68-45-35-24-16-12-20-29-39-50(7)8)55(53)59(63)67-44-34-23-15-11-19-28-38-49(5)6/h25,30-31,40-41,46-50H,9-24,26-29,32-39,42-45H2,1-8H3. The van der Waals surface area contributed by atoms with Gasteiger partial charge in [0.2, 0.25) is 0 Å². The van der Waals surface area contributed by atoms with Gasteiger partial charge in [0.1, 0.15) is 0 Å². The highest BCUT2D eigenvalue weighted by Gasteiger charge is 2.36. The van der Waals surface area contributed by atoms with Gasteiger partial charge in [-0.15, -0.1) is 0 Å². The minimum atomic E-state index is -0.854. The summed E-state index contributed by atoms with van der Waals surface area (Å²) in [5, 5.41) is 0. The molecule has 8 heteroatoms. The largest absolute Gasteiger partial charge is 0.462 e. The Morgan fingerprint density at radius 3 is 0.956 bits per heavy atom. The number of hydrogen-bond donors (Lipinski definition) is 0. The number of ether oxygens (including phenoxy) is 4. The van der Waals surface area contributed by atoms with Crippen LogP contribution in [0.25, 0.3) is 11.1 Å². The predicted molar refractivity (Wildman–Crippen MR) is 282 cm³/mol. The van der Waals surface area contributed by atoms with Crippen LogP contribution in [0.1, 0.15) is 277 Å². The van der Waals surface area contributed by atoms with Gasteiger partial charge in [0.15, 0.2) is 0 Å². The summed E-state index contributed by atoms with van der Waals surface area (Å²) in [7, 11) is 0. The highest BCUT2D eigenvalue weighted by Crippen LogP contribution is 2.34. The molecule has 2 rings (SSSR count). The van der Waals surface area contributed by atoms with E-state index in [1.165, 1.54) is 83.1 Å². The highest BCUT2D eigenvalue weighted by atomic mass is 16.5. The molecule has 2 aromatic carbocycles. The van der Waals surface area contributed by atoms with E-state index in [1.54, 1.807) is 0 Å². The lowest BCUT2D eigenvalue weighted by Crippen LogP contribution is -2.25. The quantitative estimate of drug-likeness (QED) is 0.0369. The molecule has 0 aromatic heterocycles. The third-order valence-corrected chi connectivity index (χ3v) is 12.9. The van der Waals surface area contributed by atoms with E-state index in [4.69, 9.17) is 18.9 Å². The van der Waals surface area contributed by atoms with E-state index in [9.17, 15) is 19.2 Å². The van der Waals surface area contributed by atoms with Gasteiger partial charge in [-0.25, -0.2) is 19.2 Å². The Labute approximate surface area is 415 Å². The van der Waals surface area contributed by atoms with Gasteiger partial charge in [0.05, 0.1) is 48.7 Å². The summed E-state index contributed by atoms with van der Waals surface area (Å²) >= 11 is 0. The molecule has 386 valence electrons. The maximum atomic E-state index is 14.6. The summed E-state index contributed by atoms with van der Waals surface area (Å²) in [5.74, 6) is -0.381. The van der Waals surface area contributed by atoms with Crippen LogP contribution in [0, 0.1) is 23.7 Å². The normalized spacial score (nSPS) is 11.5. The number of benzene rings is 2. The van der Waals surface area contributed by atoms with E-state index in [0.717, 1.165) is 77.0 Å². The molecule has 8 nitrogen and oxygen atoms in total. The van der Waals surface area contributed by atoms with Gasteiger partial charge < -0.3 is 18.9 Å².